The molecule has 4 nitrogen and oxygen atoms in total. The highest BCUT2D eigenvalue weighted by atomic mass is 35.7. The molecule has 0 unspecified atom stereocenters. The van der Waals surface area contributed by atoms with Crippen LogP contribution in [-0.2, 0) is 15.2 Å². The molecule has 0 atom stereocenters. The van der Waals surface area contributed by atoms with Gasteiger partial charge in [-0.15, -0.1) is 0 Å². The summed E-state index contributed by atoms with van der Waals surface area (Å²) in [6, 6.07) is 4.40. The Morgan fingerprint density at radius 3 is 2.27 bits per heavy atom. The summed E-state index contributed by atoms with van der Waals surface area (Å²) in [4.78, 5) is 2.70. The van der Waals surface area contributed by atoms with Gasteiger partial charge in [0, 0.05) is 29.0 Å². The average Bonchev–Trinajstić information content (AvgIpc) is 2.36. The minimum atomic E-state index is -4.53. The summed E-state index contributed by atoms with van der Waals surface area (Å²) in [6.07, 6.45) is -3.97. The monoisotopic (exact) mass is 355 g/mol. The van der Waals surface area contributed by atoms with Gasteiger partial charge >= 0.3 is 6.18 Å². The number of hydrogen-bond acceptors (Lipinski definition) is 4. The molecule has 2 rings (SSSR count). The zero-order chi connectivity index (χ0) is 16.5. The van der Waals surface area contributed by atoms with Gasteiger partial charge < -0.3 is 4.74 Å². The van der Waals surface area contributed by atoms with Crippen molar-refractivity contribution in [2.75, 3.05) is 0 Å². The number of nitrogens with zero attached hydrogens (tertiary/aromatic N) is 1. The maximum atomic E-state index is 13.6. The number of hydrogen-bond donors (Lipinski definition) is 0. The normalized spacial score (nSPS) is 12.2. The van der Waals surface area contributed by atoms with Crippen molar-refractivity contribution in [1.29, 1.82) is 0 Å². The summed E-state index contributed by atoms with van der Waals surface area (Å²) in [5.41, 5.74) is -0.963. The molecule has 2 aromatic rings. The standard InChI is InChI=1S/C12H6ClF4NO3S/c13-22(19,20)10-3-2-8(5-9(10)14)21-11-4-1-7(6-18-11)12(15,16)17/h1-6H. The van der Waals surface area contributed by atoms with E-state index in [4.69, 9.17) is 15.4 Å². The Bertz CT molecular complexity index is 791. The van der Waals surface area contributed by atoms with Crippen LogP contribution in [0.5, 0.6) is 11.6 Å². The van der Waals surface area contributed by atoms with E-state index in [2.05, 4.69) is 4.98 Å². The van der Waals surface area contributed by atoms with E-state index in [-0.39, 0.29) is 11.6 Å². The predicted molar refractivity (Wildman–Crippen MR) is 68.8 cm³/mol. The molecule has 0 saturated heterocycles. The van der Waals surface area contributed by atoms with Crippen molar-refractivity contribution in [2.45, 2.75) is 11.1 Å². The largest absolute Gasteiger partial charge is 0.439 e. The third-order valence-corrected chi connectivity index (χ3v) is 3.81. The summed E-state index contributed by atoms with van der Waals surface area (Å²) >= 11 is 0. The molecule has 0 amide bonds. The minimum Gasteiger partial charge on any atom is -0.439 e. The van der Waals surface area contributed by atoms with E-state index in [1.165, 1.54) is 0 Å². The van der Waals surface area contributed by atoms with Crippen molar-refractivity contribution in [3.8, 4) is 11.6 Å². The zero-order valence-electron chi connectivity index (χ0n) is 10.4. The topological polar surface area (TPSA) is 56.3 Å². The fourth-order valence-electron chi connectivity index (χ4n) is 1.47. The number of benzene rings is 1. The Morgan fingerprint density at radius 2 is 1.82 bits per heavy atom. The number of rotatable bonds is 3. The van der Waals surface area contributed by atoms with E-state index in [0.717, 1.165) is 30.3 Å². The number of aromatic nitrogens is 1. The Balaban J connectivity index is 2.23. The molecular weight excluding hydrogens is 350 g/mol. The van der Waals surface area contributed by atoms with E-state index in [1.54, 1.807) is 0 Å². The summed E-state index contributed by atoms with van der Waals surface area (Å²) in [5.74, 6) is -1.51. The van der Waals surface area contributed by atoms with Gasteiger partial charge in [-0.2, -0.15) is 13.2 Å². The van der Waals surface area contributed by atoms with Crippen LogP contribution in [0.1, 0.15) is 5.56 Å². The lowest BCUT2D eigenvalue weighted by molar-refractivity contribution is -0.137. The minimum absolute atomic E-state index is 0.145. The van der Waals surface area contributed by atoms with Gasteiger partial charge in [-0.3, -0.25) is 0 Å². The van der Waals surface area contributed by atoms with Gasteiger partial charge in [-0.25, -0.2) is 17.8 Å². The number of alkyl halides is 3. The third kappa shape index (κ3) is 3.86. The zero-order valence-corrected chi connectivity index (χ0v) is 12.0. The smallest absolute Gasteiger partial charge is 0.417 e. The maximum Gasteiger partial charge on any atom is 0.417 e. The van der Waals surface area contributed by atoms with Crippen LogP contribution in [0.3, 0.4) is 0 Å². The van der Waals surface area contributed by atoms with Crippen LogP contribution in [0.15, 0.2) is 41.4 Å². The molecule has 118 valence electrons. The molecular formula is C12H6ClF4NO3S. The van der Waals surface area contributed by atoms with Gasteiger partial charge in [0.15, 0.2) is 0 Å². The first-order valence-electron chi connectivity index (χ1n) is 5.53. The number of ether oxygens (including phenoxy) is 1. The van der Waals surface area contributed by atoms with Crippen molar-refractivity contribution in [3.63, 3.8) is 0 Å². The molecule has 0 N–H and O–H groups in total. The van der Waals surface area contributed by atoms with Crippen molar-refractivity contribution >= 4 is 19.7 Å². The third-order valence-electron chi connectivity index (χ3n) is 2.45. The van der Waals surface area contributed by atoms with Gasteiger partial charge in [-0.1, -0.05) is 0 Å². The lowest BCUT2D eigenvalue weighted by atomic mass is 10.3. The molecule has 0 spiro atoms. The molecule has 10 heteroatoms. The second-order valence-corrected chi connectivity index (χ2v) is 6.55. The number of halogens is 5. The quantitative estimate of drug-likeness (QED) is 0.617. The maximum absolute atomic E-state index is 13.6. The second-order valence-electron chi connectivity index (χ2n) is 4.02. The molecule has 1 heterocycles. The summed E-state index contributed by atoms with van der Waals surface area (Å²) < 4.78 is 77.7. The molecule has 0 bridgehead atoms. The van der Waals surface area contributed by atoms with Gasteiger partial charge in [0.1, 0.15) is 16.5 Å². The van der Waals surface area contributed by atoms with Gasteiger partial charge in [-0.05, 0) is 18.2 Å². The van der Waals surface area contributed by atoms with Gasteiger partial charge in [0.05, 0.1) is 5.56 Å². The summed E-state index contributed by atoms with van der Waals surface area (Å²) in [5, 5.41) is 0. The van der Waals surface area contributed by atoms with Crippen LogP contribution in [-0.4, -0.2) is 13.4 Å². The Kier molecular flexibility index (Phi) is 4.30. The van der Waals surface area contributed by atoms with Crippen molar-refractivity contribution < 1.29 is 30.7 Å². The number of pyridine rings is 1. The summed E-state index contributed by atoms with van der Waals surface area (Å²) in [7, 11) is 0.765. The Labute approximate surface area is 126 Å². The van der Waals surface area contributed by atoms with E-state index >= 15 is 0 Å². The van der Waals surface area contributed by atoms with Crippen molar-refractivity contribution in [3.05, 3.63) is 47.9 Å². The van der Waals surface area contributed by atoms with Crippen LogP contribution in [0.2, 0.25) is 0 Å². The summed E-state index contributed by atoms with van der Waals surface area (Å²) in [6.45, 7) is 0. The Morgan fingerprint density at radius 1 is 1.14 bits per heavy atom. The lowest BCUT2D eigenvalue weighted by Gasteiger charge is -2.08. The first-order valence-corrected chi connectivity index (χ1v) is 7.83. The molecule has 22 heavy (non-hydrogen) atoms. The molecule has 1 aromatic carbocycles. The molecule has 0 fully saturated rings. The SMILES string of the molecule is O=S(=O)(Cl)c1ccc(Oc2ccc(C(F)(F)F)cn2)cc1F. The molecule has 1 aromatic heterocycles. The fraction of sp³-hybridized carbons (Fsp3) is 0.0833. The lowest BCUT2D eigenvalue weighted by Crippen LogP contribution is -2.05. The van der Waals surface area contributed by atoms with E-state index in [1.807, 2.05) is 0 Å². The highest BCUT2D eigenvalue weighted by Crippen LogP contribution is 2.30. The van der Waals surface area contributed by atoms with E-state index in [0.29, 0.717) is 6.20 Å². The van der Waals surface area contributed by atoms with Crippen LogP contribution >= 0.6 is 10.7 Å². The predicted octanol–water partition coefficient (Wildman–Crippen LogP) is 3.96. The van der Waals surface area contributed by atoms with Crippen molar-refractivity contribution in [1.82, 2.24) is 4.98 Å². The first-order chi connectivity index (χ1) is 10.1. The van der Waals surface area contributed by atoms with Crippen LogP contribution in [0.25, 0.3) is 0 Å². The highest BCUT2D eigenvalue weighted by Gasteiger charge is 2.30. The Hall–Kier alpha value is -1.87. The van der Waals surface area contributed by atoms with Gasteiger partial charge in [0.25, 0.3) is 9.05 Å². The van der Waals surface area contributed by atoms with E-state index < -0.39 is 31.5 Å². The molecule has 0 saturated carbocycles. The van der Waals surface area contributed by atoms with E-state index in [9.17, 15) is 26.0 Å². The van der Waals surface area contributed by atoms with Gasteiger partial charge in [0.2, 0.25) is 5.88 Å². The van der Waals surface area contributed by atoms with Crippen LogP contribution in [0, 0.1) is 5.82 Å². The second kappa shape index (κ2) is 5.73. The van der Waals surface area contributed by atoms with Crippen LogP contribution in [0.4, 0.5) is 17.6 Å². The fourth-order valence-corrected chi connectivity index (χ4v) is 2.37. The molecule has 0 aliphatic rings. The van der Waals surface area contributed by atoms with Crippen LogP contribution < -0.4 is 4.74 Å². The molecule has 0 radical (unpaired) electrons. The molecule has 0 aliphatic heterocycles. The average molecular weight is 356 g/mol. The first kappa shape index (κ1) is 16.5. The van der Waals surface area contributed by atoms with Crippen molar-refractivity contribution in [2.24, 2.45) is 0 Å². The molecule has 0 aliphatic carbocycles. The highest BCUT2D eigenvalue weighted by molar-refractivity contribution is 8.13.